The lowest BCUT2D eigenvalue weighted by Crippen LogP contribution is -2.45. The van der Waals surface area contributed by atoms with Crippen molar-refractivity contribution in [3.63, 3.8) is 0 Å². The maximum absolute atomic E-state index is 12.7. The quantitative estimate of drug-likeness (QED) is 0.146. The van der Waals surface area contributed by atoms with Crippen LogP contribution in [0.4, 0.5) is 10.6 Å². The molecule has 2 aromatic rings. The number of aromatic nitrogens is 3. The van der Waals surface area contributed by atoms with E-state index < -0.39 is 17.6 Å². The number of anilines is 1. The number of thioether (sulfide) groups is 1. The summed E-state index contributed by atoms with van der Waals surface area (Å²) in [5.74, 6) is 0.224. The number of hydrogen-bond acceptors (Lipinski definition) is 9. The van der Waals surface area contributed by atoms with Crippen molar-refractivity contribution in [2.45, 2.75) is 57.3 Å². The fraction of sp³-hybridized carbons (Fsp3) is 0.542. The molecule has 3 heterocycles. The number of rotatable bonds is 9. The monoisotopic (exact) mass is 601 g/mol. The third-order valence-electron chi connectivity index (χ3n) is 5.56. The summed E-state index contributed by atoms with van der Waals surface area (Å²) in [7, 11) is 1.34. The molecule has 12 nitrogen and oxygen atoms in total. The summed E-state index contributed by atoms with van der Waals surface area (Å²) in [5, 5.41) is 6.61. The van der Waals surface area contributed by atoms with Crippen molar-refractivity contribution in [2.24, 2.45) is 0 Å². The lowest BCUT2D eigenvalue weighted by Gasteiger charge is -2.33. The van der Waals surface area contributed by atoms with E-state index in [0.29, 0.717) is 59.9 Å². The van der Waals surface area contributed by atoms with Gasteiger partial charge in [0.2, 0.25) is 0 Å². The van der Waals surface area contributed by atoms with Crippen LogP contribution >= 0.6 is 35.0 Å². The lowest BCUT2D eigenvalue weighted by atomic mass is 10.0. The van der Waals surface area contributed by atoms with E-state index in [2.05, 4.69) is 31.1 Å². The molecule has 1 fully saturated rings. The highest BCUT2D eigenvalue weighted by molar-refractivity contribution is 7.99. The van der Waals surface area contributed by atoms with E-state index >= 15 is 0 Å². The molecular formula is C24H33Cl2N7O5S. The van der Waals surface area contributed by atoms with Crippen molar-refractivity contribution in [1.29, 1.82) is 0 Å². The van der Waals surface area contributed by atoms with Crippen LogP contribution in [-0.4, -0.2) is 77.0 Å². The summed E-state index contributed by atoms with van der Waals surface area (Å²) in [6.07, 6.45) is 0.801. The molecule has 0 aliphatic carbocycles. The first-order valence-corrected chi connectivity index (χ1v) is 14.0. The highest BCUT2D eigenvalue weighted by atomic mass is 35.5. The van der Waals surface area contributed by atoms with Crippen molar-refractivity contribution in [2.75, 3.05) is 37.4 Å². The number of alkyl carbamates (subject to hydrolysis) is 1. The van der Waals surface area contributed by atoms with E-state index in [1.54, 1.807) is 33.8 Å². The van der Waals surface area contributed by atoms with Gasteiger partial charge in [-0.25, -0.2) is 20.2 Å². The Morgan fingerprint density at radius 3 is 2.44 bits per heavy atom. The Kier molecular flexibility index (Phi) is 10.7. The Hall–Kier alpha value is -2.74. The zero-order valence-electron chi connectivity index (χ0n) is 22.4. The summed E-state index contributed by atoms with van der Waals surface area (Å²) in [4.78, 5) is 55.7. The number of piperidine rings is 1. The van der Waals surface area contributed by atoms with Crippen LogP contribution in [0.2, 0.25) is 10.0 Å². The fourth-order valence-corrected chi connectivity index (χ4v) is 4.87. The summed E-state index contributed by atoms with van der Waals surface area (Å²) in [6.45, 7) is 8.63. The second kappa shape index (κ2) is 13.6. The molecule has 39 heavy (non-hydrogen) atoms. The van der Waals surface area contributed by atoms with Crippen LogP contribution in [0.25, 0.3) is 0 Å². The second-order valence-corrected chi connectivity index (χ2v) is 11.6. The van der Waals surface area contributed by atoms with Gasteiger partial charge >= 0.3 is 6.09 Å². The number of carbonyl (C=O) groups excluding carboxylic acids is 3. The molecule has 15 heteroatoms. The van der Waals surface area contributed by atoms with E-state index in [1.165, 1.54) is 18.9 Å². The van der Waals surface area contributed by atoms with Gasteiger partial charge in [-0.05, 0) is 40.5 Å². The summed E-state index contributed by atoms with van der Waals surface area (Å²) in [5.41, 5.74) is 2.71. The van der Waals surface area contributed by atoms with Crippen LogP contribution in [0.1, 0.15) is 60.3 Å². The molecule has 0 aromatic carbocycles. The maximum atomic E-state index is 12.7. The number of hydroxylamine groups is 1. The lowest BCUT2D eigenvalue weighted by molar-refractivity contribution is 0.0525. The average Bonchev–Trinajstić information content (AvgIpc) is 3.13. The van der Waals surface area contributed by atoms with Crippen LogP contribution in [0.5, 0.6) is 0 Å². The number of H-pyrrole nitrogens is 1. The molecule has 0 bridgehead atoms. The average molecular weight is 603 g/mol. The number of aromatic amines is 1. The van der Waals surface area contributed by atoms with E-state index in [4.69, 9.17) is 32.8 Å². The van der Waals surface area contributed by atoms with E-state index in [9.17, 15) is 14.4 Å². The van der Waals surface area contributed by atoms with E-state index in [-0.39, 0.29) is 28.4 Å². The van der Waals surface area contributed by atoms with Crippen LogP contribution in [0.3, 0.4) is 0 Å². The Morgan fingerprint density at radius 2 is 1.85 bits per heavy atom. The Labute approximate surface area is 241 Å². The minimum atomic E-state index is -0.587. The van der Waals surface area contributed by atoms with Gasteiger partial charge in [0.25, 0.3) is 11.8 Å². The molecule has 0 spiro atoms. The van der Waals surface area contributed by atoms with E-state index in [0.717, 1.165) is 0 Å². The highest BCUT2D eigenvalue weighted by Crippen LogP contribution is 2.29. The van der Waals surface area contributed by atoms with Gasteiger partial charge in [0.1, 0.15) is 22.8 Å². The molecule has 3 amide bonds. The van der Waals surface area contributed by atoms with Gasteiger partial charge in [-0.15, -0.1) is 0 Å². The predicted molar refractivity (Wildman–Crippen MR) is 150 cm³/mol. The SMILES string of the molecule is CONC(=O)c1cc(N2CCC(NC(=O)c3[nH]c(C)c(Cl)c3Cl)CC2)nc(SCCNC(=O)OC(C)(C)C)n1. The number of nitrogens with zero attached hydrogens (tertiary/aromatic N) is 3. The number of hydrogen-bond donors (Lipinski definition) is 4. The molecule has 0 unspecified atom stereocenters. The zero-order chi connectivity index (χ0) is 28.7. The van der Waals surface area contributed by atoms with Crippen LogP contribution in [0, 0.1) is 6.92 Å². The summed E-state index contributed by atoms with van der Waals surface area (Å²) < 4.78 is 5.23. The smallest absolute Gasteiger partial charge is 0.407 e. The third kappa shape index (κ3) is 8.88. The van der Waals surface area contributed by atoms with Gasteiger partial charge in [0.15, 0.2) is 5.16 Å². The molecular weight excluding hydrogens is 569 g/mol. The fourth-order valence-electron chi connectivity index (χ4n) is 3.75. The van der Waals surface area contributed by atoms with Gasteiger partial charge < -0.3 is 25.3 Å². The molecule has 1 aliphatic rings. The zero-order valence-corrected chi connectivity index (χ0v) is 24.8. The van der Waals surface area contributed by atoms with Crippen LogP contribution < -0.4 is 21.0 Å². The van der Waals surface area contributed by atoms with Crippen LogP contribution in [0.15, 0.2) is 11.2 Å². The van der Waals surface area contributed by atoms with E-state index in [1.807, 2.05) is 4.90 Å². The van der Waals surface area contributed by atoms with Gasteiger partial charge in [-0.2, -0.15) is 0 Å². The number of amides is 3. The Bertz CT molecular complexity index is 1200. The molecule has 0 radical (unpaired) electrons. The minimum absolute atomic E-state index is 0.0712. The molecule has 1 aliphatic heterocycles. The van der Waals surface area contributed by atoms with Gasteiger partial charge in [0, 0.05) is 43.2 Å². The van der Waals surface area contributed by atoms with Crippen LogP contribution in [-0.2, 0) is 9.57 Å². The third-order valence-corrected chi connectivity index (χ3v) is 7.35. The first-order chi connectivity index (χ1) is 18.4. The Balaban J connectivity index is 1.61. The normalized spacial score (nSPS) is 14.2. The van der Waals surface area contributed by atoms with Crippen molar-refractivity contribution >= 4 is 58.7 Å². The van der Waals surface area contributed by atoms with Gasteiger partial charge in [-0.1, -0.05) is 35.0 Å². The molecule has 0 saturated carbocycles. The first kappa shape index (κ1) is 30.8. The second-order valence-electron chi connectivity index (χ2n) is 9.79. The van der Waals surface area contributed by atoms with Crippen molar-refractivity contribution in [3.05, 3.63) is 33.2 Å². The van der Waals surface area contributed by atoms with Crippen molar-refractivity contribution in [3.8, 4) is 0 Å². The molecule has 3 rings (SSSR count). The predicted octanol–water partition coefficient (Wildman–Crippen LogP) is 3.73. The largest absolute Gasteiger partial charge is 0.444 e. The first-order valence-electron chi connectivity index (χ1n) is 12.3. The number of aryl methyl sites for hydroxylation is 1. The molecule has 0 atom stereocenters. The molecule has 2 aromatic heterocycles. The standard InChI is InChI=1S/C24H33Cl2N7O5S/c1-13-17(25)18(26)19(28-13)21(35)29-14-6-9-33(10-7-14)16-12-15(20(34)32-37-5)30-22(31-16)39-11-8-27-23(36)38-24(2,3)4/h12,14,28H,6-11H2,1-5H3,(H,27,36)(H,29,35)(H,32,34). The molecule has 1 saturated heterocycles. The number of halogens is 2. The molecule has 214 valence electrons. The maximum Gasteiger partial charge on any atom is 0.407 e. The van der Waals surface area contributed by atoms with Crippen molar-refractivity contribution < 1.29 is 24.0 Å². The summed E-state index contributed by atoms with van der Waals surface area (Å²) >= 11 is 13.6. The number of ether oxygens (including phenoxy) is 1. The number of carbonyl (C=O) groups is 3. The highest BCUT2D eigenvalue weighted by Gasteiger charge is 2.26. The topological polar surface area (TPSA) is 151 Å². The minimum Gasteiger partial charge on any atom is -0.444 e. The van der Waals surface area contributed by atoms with Crippen molar-refractivity contribution in [1.82, 2.24) is 31.1 Å². The van der Waals surface area contributed by atoms with Gasteiger partial charge in [-0.3, -0.25) is 14.4 Å². The van der Waals surface area contributed by atoms with Gasteiger partial charge in [0.05, 0.1) is 17.2 Å². The summed E-state index contributed by atoms with van der Waals surface area (Å²) in [6, 6.07) is 1.53. The Morgan fingerprint density at radius 1 is 1.15 bits per heavy atom. The number of nitrogens with one attached hydrogen (secondary N) is 4. The molecule has 4 N–H and O–H groups in total.